The van der Waals surface area contributed by atoms with Gasteiger partial charge >= 0.3 is 0 Å². The van der Waals surface area contributed by atoms with Crippen molar-refractivity contribution in [2.24, 2.45) is 0 Å². The molecule has 2 amide bonds. The highest BCUT2D eigenvalue weighted by Gasteiger charge is 2.33. The molecule has 3 rings (SSSR count). The van der Waals surface area contributed by atoms with Gasteiger partial charge in [0.15, 0.2) is 0 Å². The normalized spacial score (nSPS) is 12.8. The molecule has 3 aromatic rings. The number of anilines is 1. The highest BCUT2D eigenvalue weighted by atomic mass is 35.5. The first-order valence-electron chi connectivity index (χ1n) is 12.7. The van der Waals surface area contributed by atoms with Crippen LogP contribution < -0.4 is 9.62 Å². The molecule has 10 heteroatoms. The molecule has 39 heavy (non-hydrogen) atoms. The number of hydrogen-bond acceptors (Lipinski definition) is 4. The first kappa shape index (κ1) is 30.5. The lowest BCUT2D eigenvalue weighted by Gasteiger charge is -2.32. The number of halogens is 2. The second kappa shape index (κ2) is 13.8. The molecule has 0 aliphatic heterocycles. The highest BCUT2D eigenvalue weighted by Crippen LogP contribution is 2.35. The van der Waals surface area contributed by atoms with E-state index in [-0.39, 0.29) is 39.1 Å². The average molecular weight is 591 g/mol. The summed E-state index contributed by atoms with van der Waals surface area (Å²) in [5.41, 5.74) is 1.05. The average Bonchev–Trinajstić information content (AvgIpc) is 2.94. The molecule has 2 atom stereocenters. The molecule has 1 N–H and O–H groups in total. The molecule has 0 fully saturated rings. The second-order valence-corrected chi connectivity index (χ2v) is 11.9. The van der Waals surface area contributed by atoms with Crippen LogP contribution in [0.1, 0.15) is 32.8 Å². The van der Waals surface area contributed by atoms with Gasteiger partial charge in [-0.1, -0.05) is 84.7 Å². The van der Waals surface area contributed by atoms with Crippen molar-refractivity contribution in [1.29, 1.82) is 0 Å². The maximum absolute atomic E-state index is 13.9. The Bertz CT molecular complexity index is 1370. The summed E-state index contributed by atoms with van der Waals surface area (Å²) in [7, 11) is -4.22. The zero-order valence-corrected chi connectivity index (χ0v) is 24.5. The van der Waals surface area contributed by atoms with Gasteiger partial charge in [0, 0.05) is 12.6 Å². The molecule has 0 aliphatic rings. The lowest BCUT2D eigenvalue weighted by molar-refractivity contribution is -0.139. The Morgan fingerprint density at radius 3 is 2.13 bits per heavy atom. The Labute approximate surface area is 240 Å². The number of hydrogen-bond donors (Lipinski definition) is 1. The van der Waals surface area contributed by atoms with Gasteiger partial charge in [0.1, 0.15) is 12.6 Å². The van der Waals surface area contributed by atoms with E-state index in [0.717, 1.165) is 16.3 Å². The summed E-state index contributed by atoms with van der Waals surface area (Å²) in [5.74, 6) is -0.864. The fraction of sp³-hybridized carbons (Fsp3) is 0.310. The van der Waals surface area contributed by atoms with Crippen LogP contribution in [0.4, 0.5) is 5.69 Å². The van der Waals surface area contributed by atoms with Crippen molar-refractivity contribution in [2.45, 2.75) is 50.6 Å². The Kier molecular flexibility index (Phi) is 10.8. The molecule has 0 radical (unpaired) electrons. The van der Waals surface area contributed by atoms with E-state index in [1.165, 1.54) is 29.2 Å². The van der Waals surface area contributed by atoms with Crippen LogP contribution in [0.25, 0.3) is 0 Å². The molecular weight excluding hydrogens is 557 g/mol. The quantitative estimate of drug-likeness (QED) is 0.299. The number of carbonyl (C=O) groups excluding carboxylic acids is 2. The molecule has 0 saturated carbocycles. The van der Waals surface area contributed by atoms with Crippen LogP contribution in [0.2, 0.25) is 10.0 Å². The number of carbonyl (C=O) groups is 2. The minimum atomic E-state index is -4.22. The minimum Gasteiger partial charge on any atom is -0.352 e. The van der Waals surface area contributed by atoms with E-state index >= 15 is 0 Å². The van der Waals surface area contributed by atoms with E-state index in [1.54, 1.807) is 31.2 Å². The van der Waals surface area contributed by atoms with Crippen molar-refractivity contribution < 1.29 is 18.0 Å². The molecule has 0 unspecified atom stereocenters. The van der Waals surface area contributed by atoms with Crippen LogP contribution in [-0.2, 0) is 26.0 Å². The molecule has 0 bridgehead atoms. The van der Waals surface area contributed by atoms with E-state index in [4.69, 9.17) is 23.2 Å². The smallest absolute Gasteiger partial charge is 0.264 e. The molecule has 0 heterocycles. The summed E-state index contributed by atoms with van der Waals surface area (Å²) in [5, 5.41) is 3.07. The summed E-state index contributed by atoms with van der Waals surface area (Å²) in [6.45, 7) is 5.11. The van der Waals surface area contributed by atoms with Gasteiger partial charge in [-0.25, -0.2) is 8.42 Å². The lowest BCUT2D eigenvalue weighted by atomic mass is 10.1. The third-order valence-electron chi connectivity index (χ3n) is 6.46. The van der Waals surface area contributed by atoms with Crippen molar-refractivity contribution in [1.82, 2.24) is 10.2 Å². The Balaban J connectivity index is 2.00. The van der Waals surface area contributed by atoms with E-state index in [1.807, 2.05) is 44.2 Å². The Morgan fingerprint density at radius 1 is 0.897 bits per heavy atom. The van der Waals surface area contributed by atoms with Crippen molar-refractivity contribution in [2.75, 3.05) is 17.4 Å². The lowest BCUT2D eigenvalue weighted by Crippen LogP contribution is -2.53. The monoisotopic (exact) mass is 589 g/mol. The molecule has 7 nitrogen and oxygen atoms in total. The summed E-state index contributed by atoms with van der Waals surface area (Å²) in [4.78, 5) is 28.4. The molecule has 208 valence electrons. The Morgan fingerprint density at radius 2 is 1.51 bits per heavy atom. The van der Waals surface area contributed by atoms with E-state index in [2.05, 4.69) is 5.32 Å². The first-order valence-corrected chi connectivity index (χ1v) is 14.9. The van der Waals surface area contributed by atoms with Gasteiger partial charge in [-0.3, -0.25) is 13.9 Å². The highest BCUT2D eigenvalue weighted by molar-refractivity contribution is 7.92. The van der Waals surface area contributed by atoms with E-state index < -0.39 is 28.5 Å². The van der Waals surface area contributed by atoms with Crippen molar-refractivity contribution in [3.8, 4) is 0 Å². The van der Waals surface area contributed by atoms with Crippen LogP contribution in [0.15, 0.2) is 83.8 Å². The van der Waals surface area contributed by atoms with Crippen molar-refractivity contribution in [3.05, 3.63) is 94.5 Å². The maximum atomic E-state index is 13.9. The molecule has 0 saturated heterocycles. The molecule has 0 aromatic heterocycles. The number of benzene rings is 3. The van der Waals surface area contributed by atoms with E-state index in [9.17, 15) is 18.0 Å². The van der Waals surface area contributed by atoms with Gasteiger partial charge in [-0.15, -0.1) is 0 Å². The largest absolute Gasteiger partial charge is 0.352 e. The van der Waals surface area contributed by atoms with Crippen LogP contribution in [0.3, 0.4) is 0 Å². The standard InChI is InChI=1S/C29H33Cl2N3O4S/c1-4-21(2)32-29(36)22(3)33(19-18-23-12-7-5-8-13-23)27(35)20-34(26-17-11-16-25(30)28(26)31)39(37,38)24-14-9-6-10-15-24/h5-17,21-22H,4,18-20H2,1-3H3,(H,32,36)/t21-,22+/m0/s1. The fourth-order valence-electron chi connectivity index (χ4n) is 3.95. The molecule has 0 spiro atoms. The van der Waals surface area contributed by atoms with Gasteiger partial charge in [0.25, 0.3) is 10.0 Å². The maximum Gasteiger partial charge on any atom is 0.264 e. The Hall–Kier alpha value is -3.07. The predicted octanol–water partition coefficient (Wildman–Crippen LogP) is 5.56. The minimum absolute atomic E-state index is 0.00451. The third kappa shape index (κ3) is 7.75. The second-order valence-electron chi connectivity index (χ2n) is 9.21. The SMILES string of the molecule is CC[C@H](C)NC(=O)[C@@H](C)N(CCc1ccccc1)C(=O)CN(c1cccc(Cl)c1Cl)S(=O)(=O)c1ccccc1. The summed E-state index contributed by atoms with van der Waals surface area (Å²) in [6.07, 6.45) is 1.21. The zero-order chi connectivity index (χ0) is 28.6. The van der Waals surface area contributed by atoms with Gasteiger partial charge < -0.3 is 10.2 Å². The summed E-state index contributed by atoms with van der Waals surface area (Å²) in [6, 6.07) is 21.0. The molecule has 3 aromatic carbocycles. The number of amides is 2. The predicted molar refractivity (Wildman–Crippen MR) is 157 cm³/mol. The van der Waals surface area contributed by atoms with Crippen LogP contribution in [0, 0.1) is 0 Å². The zero-order valence-electron chi connectivity index (χ0n) is 22.2. The van der Waals surface area contributed by atoms with E-state index in [0.29, 0.717) is 6.42 Å². The summed E-state index contributed by atoms with van der Waals surface area (Å²) >= 11 is 12.7. The number of nitrogens with zero attached hydrogens (tertiary/aromatic N) is 2. The van der Waals surface area contributed by atoms with Crippen LogP contribution in [0.5, 0.6) is 0 Å². The van der Waals surface area contributed by atoms with Crippen LogP contribution in [-0.4, -0.2) is 50.3 Å². The van der Waals surface area contributed by atoms with Crippen LogP contribution >= 0.6 is 23.2 Å². The van der Waals surface area contributed by atoms with Gasteiger partial charge in [-0.05, 0) is 56.5 Å². The van der Waals surface area contributed by atoms with Gasteiger partial charge in [0.2, 0.25) is 11.8 Å². The van der Waals surface area contributed by atoms with Gasteiger partial charge in [0.05, 0.1) is 20.6 Å². The number of sulfonamides is 1. The topological polar surface area (TPSA) is 86.8 Å². The van der Waals surface area contributed by atoms with Crippen molar-refractivity contribution in [3.63, 3.8) is 0 Å². The number of nitrogens with one attached hydrogen (secondary N) is 1. The third-order valence-corrected chi connectivity index (χ3v) is 9.05. The first-order chi connectivity index (χ1) is 18.6. The molecular formula is C29H33Cl2N3O4S. The van der Waals surface area contributed by atoms with Crippen molar-refractivity contribution >= 4 is 50.7 Å². The van der Waals surface area contributed by atoms with Gasteiger partial charge in [-0.2, -0.15) is 0 Å². The molecule has 0 aliphatic carbocycles. The fourth-order valence-corrected chi connectivity index (χ4v) is 5.85. The number of rotatable bonds is 12. The summed E-state index contributed by atoms with van der Waals surface area (Å²) < 4.78 is 28.5.